The smallest absolute Gasteiger partial charge is 0.174 e. The topological polar surface area (TPSA) is 45.0 Å². The van der Waals surface area contributed by atoms with Crippen LogP contribution in [0.1, 0.15) is 50.5 Å². The first-order valence-electron chi connectivity index (χ1n) is 7.70. The quantitative estimate of drug-likeness (QED) is 0.887. The predicted molar refractivity (Wildman–Crippen MR) is 80.5 cm³/mol. The normalized spacial score (nSPS) is 16.9. The number of nitriles is 1. The first-order chi connectivity index (χ1) is 9.88. The van der Waals surface area contributed by atoms with E-state index in [1.54, 1.807) is 0 Å². The Morgan fingerprint density at radius 2 is 1.90 bits per heavy atom. The van der Waals surface area contributed by atoms with Crippen LogP contribution < -0.4 is 10.1 Å². The zero-order valence-corrected chi connectivity index (χ0v) is 12.1. The van der Waals surface area contributed by atoms with Crippen LogP contribution in [0.3, 0.4) is 0 Å². The van der Waals surface area contributed by atoms with E-state index in [4.69, 9.17) is 10.00 Å². The number of nitrogens with one attached hydrogen (secondary N) is 1. The van der Waals surface area contributed by atoms with E-state index >= 15 is 0 Å². The van der Waals surface area contributed by atoms with Gasteiger partial charge in [-0.25, -0.2) is 0 Å². The van der Waals surface area contributed by atoms with E-state index < -0.39 is 0 Å². The highest BCUT2D eigenvalue weighted by atomic mass is 16.5. The van der Waals surface area contributed by atoms with Gasteiger partial charge in [0, 0.05) is 12.6 Å². The van der Waals surface area contributed by atoms with Crippen LogP contribution in [0.4, 0.5) is 0 Å². The predicted octanol–water partition coefficient (Wildman–Crippen LogP) is 3.79. The van der Waals surface area contributed by atoms with Crippen molar-refractivity contribution in [3.63, 3.8) is 0 Å². The summed E-state index contributed by atoms with van der Waals surface area (Å²) in [5.74, 6) is 0.781. The number of benzene rings is 1. The molecular formula is C17H24N2O. The molecule has 0 atom stereocenters. The molecular weight excluding hydrogens is 248 g/mol. The van der Waals surface area contributed by atoms with E-state index in [1.165, 1.54) is 50.5 Å². The van der Waals surface area contributed by atoms with Crippen LogP contribution in [-0.4, -0.2) is 12.6 Å². The lowest BCUT2D eigenvalue weighted by Gasteiger charge is -2.21. The molecule has 0 radical (unpaired) electrons. The minimum Gasteiger partial charge on any atom is -0.479 e. The van der Waals surface area contributed by atoms with Crippen molar-refractivity contribution in [1.82, 2.24) is 5.32 Å². The molecule has 1 aliphatic carbocycles. The third-order valence-corrected chi connectivity index (χ3v) is 3.90. The number of ether oxygens (including phenoxy) is 1. The zero-order chi connectivity index (χ0) is 14.0. The highest BCUT2D eigenvalue weighted by Crippen LogP contribution is 2.18. The molecule has 108 valence electrons. The van der Waals surface area contributed by atoms with E-state index in [-0.39, 0.29) is 6.61 Å². The van der Waals surface area contributed by atoms with Crippen LogP contribution >= 0.6 is 0 Å². The molecule has 2 rings (SSSR count). The summed E-state index contributed by atoms with van der Waals surface area (Å²) in [6, 6.07) is 10.7. The Balaban J connectivity index is 1.81. The second kappa shape index (κ2) is 8.60. The lowest BCUT2D eigenvalue weighted by Crippen LogP contribution is -2.29. The lowest BCUT2D eigenvalue weighted by atomic mass is 9.96. The molecule has 3 heteroatoms. The van der Waals surface area contributed by atoms with Crippen molar-refractivity contribution in [2.45, 2.75) is 57.5 Å². The fourth-order valence-corrected chi connectivity index (χ4v) is 2.78. The Bertz CT molecular complexity index is 431. The third kappa shape index (κ3) is 5.22. The molecule has 0 amide bonds. The summed E-state index contributed by atoms with van der Waals surface area (Å²) in [7, 11) is 0. The fourth-order valence-electron chi connectivity index (χ4n) is 2.78. The van der Waals surface area contributed by atoms with E-state index in [0.717, 1.165) is 12.3 Å². The molecule has 0 unspecified atom stereocenters. The van der Waals surface area contributed by atoms with Gasteiger partial charge in [0.1, 0.15) is 11.8 Å². The average molecular weight is 272 g/mol. The van der Waals surface area contributed by atoms with Crippen LogP contribution in [0, 0.1) is 11.3 Å². The summed E-state index contributed by atoms with van der Waals surface area (Å²) in [5.41, 5.74) is 1.22. The van der Waals surface area contributed by atoms with Gasteiger partial charge in [0.25, 0.3) is 0 Å². The molecule has 0 aliphatic heterocycles. The lowest BCUT2D eigenvalue weighted by molar-refractivity contribution is 0.366. The molecule has 0 bridgehead atoms. The summed E-state index contributed by atoms with van der Waals surface area (Å²) in [6.45, 7) is 0.994. The molecule has 1 fully saturated rings. The number of hydrogen-bond acceptors (Lipinski definition) is 3. The molecule has 1 N–H and O–H groups in total. The fraction of sp³-hybridized carbons (Fsp3) is 0.588. The Labute approximate surface area is 121 Å². The second-order valence-electron chi connectivity index (χ2n) is 5.52. The van der Waals surface area contributed by atoms with Crippen molar-refractivity contribution in [2.75, 3.05) is 6.61 Å². The molecule has 1 aliphatic rings. The summed E-state index contributed by atoms with van der Waals surface area (Å²) in [4.78, 5) is 0. The van der Waals surface area contributed by atoms with Gasteiger partial charge >= 0.3 is 0 Å². The van der Waals surface area contributed by atoms with Crippen molar-refractivity contribution in [1.29, 1.82) is 5.26 Å². The second-order valence-corrected chi connectivity index (χ2v) is 5.52. The standard InChI is InChI=1S/C17H24N2O/c18-11-12-20-17-10-6-7-15(13-17)14-19-16-8-4-2-1-3-5-9-16/h6-7,10,13,16,19H,1-5,8-9,12,14H2. The monoisotopic (exact) mass is 272 g/mol. The molecule has 1 aromatic rings. The van der Waals surface area contributed by atoms with E-state index in [2.05, 4.69) is 11.4 Å². The van der Waals surface area contributed by atoms with Gasteiger partial charge in [0.15, 0.2) is 6.61 Å². The molecule has 1 saturated carbocycles. The maximum atomic E-state index is 8.53. The SMILES string of the molecule is N#CCOc1cccc(CNC2CCCCCCC2)c1. The van der Waals surface area contributed by atoms with Gasteiger partial charge in [0.2, 0.25) is 0 Å². The number of hydrogen-bond donors (Lipinski definition) is 1. The van der Waals surface area contributed by atoms with Gasteiger partial charge < -0.3 is 10.1 Å². The Kier molecular flexibility index (Phi) is 6.40. The van der Waals surface area contributed by atoms with Crippen LogP contribution in [-0.2, 0) is 6.54 Å². The summed E-state index contributed by atoms with van der Waals surface area (Å²) in [5, 5.41) is 12.2. The van der Waals surface area contributed by atoms with E-state index in [1.807, 2.05) is 24.3 Å². The summed E-state index contributed by atoms with van der Waals surface area (Å²) in [6.07, 6.45) is 9.47. The maximum Gasteiger partial charge on any atom is 0.174 e. The highest BCUT2D eigenvalue weighted by molar-refractivity contribution is 5.28. The Hall–Kier alpha value is -1.53. The van der Waals surface area contributed by atoms with Crippen molar-refractivity contribution in [3.05, 3.63) is 29.8 Å². The molecule has 0 heterocycles. The van der Waals surface area contributed by atoms with Crippen LogP contribution in [0.25, 0.3) is 0 Å². The van der Waals surface area contributed by atoms with Crippen molar-refractivity contribution < 1.29 is 4.74 Å². The highest BCUT2D eigenvalue weighted by Gasteiger charge is 2.10. The van der Waals surface area contributed by atoms with Gasteiger partial charge in [-0.05, 0) is 30.5 Å². The van der Waals surface area contributed by atoms with Crippen LogP contribution in [0.2, 0.25) is 0 Å². The molecule has 0 saturated heterocycles. The van der Waals surface area contributed by atoms with Gasteiger partial charge in [-0.2, -0.15) is 5.26 Å². The largest absolute Gasteiger partial charge is 0.479 e. The Morgan fingerprint density at radius 3 is 2.65 bits per heavy atom. The third-order valence-electron chi connectivity index (χ3n) is 3.90. The van der Waals surface area contributed by atoms with Gasteiger partial charge in [0.05, 0.1) is 0 Å². The van der Waals surface area contributed by atoms with Gasteiger partial charge in [-0.1, -0.05) is 44.2 Å². The minimum atomic E-state index is 0.111. The van der Waals surface area contributed by atoms with Crippen molar-refractivity contribution in [3.8, 4) is 11.8 Å². The Morgan fingerprint density at radius 1 is 1.15 bits per heavy atom. The molecule has 20 heavy (non-hydrogen) atoms. The molecule has 0 aromatic heterocycles. The van der Waals surface area contributed by atoms with Crippen LogP contribution in [0.15, 0.2) is 24.3 Å². The summed E-state index contributed by atoms with van der Waals surface area (Å²) < 4.78 is 5.34. The average Bonchev–Trinajstić information content (AvgIpc) is 2.44. The summed E-state index contributed by atoms with van der Waals surface area (Å²) >= 11 is 0. The van der Waals surface area contributed by atoms with Crippen molar-refractivity contribution in [2.24, 2.45) is 0 Å². The van der Waals surface area contributed by atoms with E-state index in [9.17, 15) is 0 Å². The maximum absolute atomic E-state index is 8.53. The first kappa shape index (κ1) is 14.9. The molecule has 3 nitrogen and oxygen atoms in total. The molecule has 0 spiro atoms. The van der Waals surface area contributed by atoms with Gasteiger partial charge in [-0.3, -0.25) is 0 Å². The van der Waals surface area contributed by atoms with Crippen LogP contribution in [0.5, 0.6) is 5.75 Å². The van der Waals surface area contributed by atoms with Gasteiger partial charge in [-0.15, -0.1) is 0 Å². The van der Waals surface area contributed by atoms with Crippen molar-refractivity contribution >= 4 is 0 Å². The molecule has 1 aromatic carbocycles. The zero-order valence-electron chi connectivity index (χ0n) is 12.1. The number of nitrogens with zero attached hydrogens (tertiary/aromatic N) is 1. The number of rotatable bonds is 5. The minimum absolute atomic E-state index is 0.111. The van der Waals surface area contributed by atoms with E-state index in [0.29, 0.717) is 6.04 Å². The first-order valence-corrected chi connectivity index (χ1v) is 7.70.